The van der Waals surface area contributed by atoms with Crippen molar-refractivity contribution < 1.29 is 19.1 Å². The Labute approximate surface area is 242 Å². The molecule has 0 aliphatic heterocycles. The zero-order chi connectivity index (χ0) is 28.9. The minimum atomic E-state index is -0.484. The number of nitrogens with zero attached hydrogens (tertiary/aromatic N) is 1. The second kappa shape index (κ2) is 12.1. The van der Waals surface area contributed by atoms with Gasteiger partial charge in [-0.1, -0.05) is 59.1 Å². The molecule has 206 valence electrons. The van der Waals surface area contributed by atoms with Crippen LogP contribution >= 0.6 is 11.6 Å². The highest BCUT2D eigenvalue weighted by Gasteiger charge is 2.21. The number of amides is 1. The number of benzene rings is 4. The van der Waals surface area contributed by atoms with E-state index in [1.54, 1.807) is 36.4 Å². The molecule has 0 fully saturated rings. The van der Waals surface area contributed by atoms with Crippen LogP contribution in [0.25, 0.3) is 22.0 Å². The van der Waals surface area contributed by atoms with Crippen molar-refractivity contribution in [3.05, 3.63) is 118 Å². The molecular formula is C33H28ClN3O4. The Kier molecular flexibility index (Phi) is 8.17. The molecule has 0 aliphatic carbocycles. The summed E-state index contributed by atoms with van der Waals surface area (Å²) >= 11 is 6.52. The number of hydrazone groups is 1. The zero-order valence-corrected chi connectivity index (χ0v) is 23.6. The number of H-pyrrole nitrogens is 1. The molecule has 0 saturated carbocycles. The summed E-state index contributed by atoms with van der Waals surface area (Å²) in [7, 11) is 0. The number of esters is 1. The molecule has 1 amide bonds. The second-order valence-electron chi connectivity index (χ2n) is 9.50. The Bertz CT molecular complexity index is 1770. The summed E-state index contributed by atoms with van der Waals surface area (Å²) in [4.78, 5) is 29.2. The molecule has 2 N–H and O–H groups in total. The lowest BCUT2D eigenvalue weighted by atomic mass is 10.0. The van der Waals surface area contributed by atoms with E-state index in [4.69, 9.17) is 21.1 Å². The summed E-state index contributed by atoms with van der Waals surface area (Å²) in [6.07, 6.45) is 1.49. The molecule has 5 rings (SSSR count). The molecule has 0 spiro atoms. The quantitative estimate of drug-likeness (QED) is 0.0882. The van der Waals surface area contributed by atoms with Gasteiger partial charge in [0.1, 0.15) is 5.69 Å². The fraction of sp³-hybridized carbons (Fsp3) is 0.121. The van der Waals surface area contributed by atoms with Crippen LogP contribution in [0.1, 0.15) is 44.5 Å². The van der Waals surface area contributed by atoms with Crippen molar-refractivity contribution in [1.82, 2.24) is 10.4 Å². The standard InChI is InChI=1S/C33H28ClN3O4/c1-4-40-29-18-22(12-16-28(29)41-33(39)23-13-9-20(2)10-14-23)19-35-37-32(38)31-30(24-7-5-6-8-26(24)34)25-17-21(3)11-15-27(25)36-31/h5-19,36H,4H2,1-3H3,(H,37,38). The van der Waals surface area contributed by atoms with Gasteiger partial charge in [-0.25, -0.2) is 10.2 Å². The van der Waals surface area contributed by atoms with Gasteiger partial charge in [0.2, 0.25) is 0 Å². The average molecular weight is 566 g/mol. The molecule has 0 aliphatic rings. The van der Waals surface area contributed by atoms with Gasteiger partial charge in [-0.05, 0) is 74.9 Å². The van der Waals surface area contributed by atoms with Crippen LogP contribution in [0.5, 0.6) is 11.5 Å². The number of aryl methyl sites for hydroxylation is 2. The van der Waals surface area contributed by atoms with Crippen LogP contribution in [-0.2, 0) is 0 Å². The van der Waals surface area contributed by atoms with Gasteiger partial charge in [0.25, 0.3) is 5.91 Å². The summed E-state index contributed by atoms with van der Waals surface area (Å²) in [6.45, 7) is 6.16. The van der Waals surface area contributed by atoms with Crippen LogP contribution in [-0.4, -0.2) is 29.7 Å². The van der Waals surface area contributed by atoms with Crippen LogP contribution in [0.3, 0.4) is 0 Å². The molecule has 0 atom stereocenters. The van der Waals surface area contributed by atoms with Crippen LogP contribution in [0, 0.1) is 13.8 Å². The number of nitrogens with one attached hydrogen (secondary N) is 2. The lowest BCUT2D eigenvalue weighted by Crippen LogP contribution is -2.19. The Morgan fingerprint density at radius 2 is 1.68 bits per heavy atom. The maximum atomic E-state index is 13.3. The van der Waals surface area contributed by atoms with Gasteiger partial charge in [-0.3, -0.25) is 4.79 Å². The van der Waals surface area contributed by atoms with Crippen molar-refractivity contribution in [3.63, 3.8) is 0 Å². The van der Waals surface area contributed by atoms with Gasteiger partial charge in [0.15, 0.2) is 11.5 Å². The van der Waals surface area contributed by atoms with Gasteiger partial charge in [0.05, 0.1) is 18.4 Å². The van der Waals surface area contributed by atoms with Crippen LogP contribution in [0.2, 0.25) is 5.02 Å². The Hall–Kier alpha value is -4.88. The van der Waals surface area contributed by atoms with E-state index in [0.717, 1.165) is 27.6 Å². The molecule has 5 aromatic rings. The third kappa shape index (κ3) is 6.15. The third-order valence-electron chi connectivity index (χ3n) is 6.46. The average Bonchev–Trinajstić information content (AvgIpc) is 3.33. The van der Waals surface area contributed by atoms with E-state index < -0.39 is 11.9 Å². The normalized spacial score (nSPS) is 11.1. The maximum absolute atomic E-state index is 13.3. The molecule has 8 heteroatoms. The van der Waals surface area contributed by atoms with E-state index in [-0.39, 0.29) is 5.75 Å². The molecule has 1 heterocycles. The minimum Gasteiger partial charge on any atom is -0.490 e. The molecule has 41 heavy (non-hydrogen) atoms. The van der Waals surface area contributed by atoms with E-state index in [1.807, 2.05) is 69.3 Å². The third-order valence-corrected chi connectivity index (χ3v) is 6.79. The number of ether oxygens (including phenoxy) is 2. The first kappa shape index (κ1) is 27.7. The number of hydrogen-bond acceptors (Lipinski definition) is 5. The Morgan fingerprint density at radius 1 is 0.927 bits per heavy atom. The molecule has 4 aromatic carbocycles. The summed E-state index contributed by atoms with van der Waals surface area (Å²) < 4.78 is 11.3. The lowest BCUT2D eigenvalue weighted by molar-refractivity contribution is 0.0728. The molecular weight excluding hydrogens is 538 g/mol. The topological polar surface area (TPSA) is 92.8 Å². The fourth-order valence-corrected chi connectivity index (χ4v) is 4.68. The highest BCUT2D eigenvalue weighted by Crippen LogP contribution is 2.37. The van der Waals surface area contributed by atoms with E-state index in [0.29, 0.717) is 39.8 Å². The molecule has 0 radical (unpaired) electrons. The summed E-state index contributed by atoms with van der Waals surface area (Å²) in [5.74, 6) is -0.229. The smallest absolute Gasteiger partial charge is 0.343 e. The van der Waals surface area contributed by atoms with Crippen LogP contribution in [0.15, 0.2) is 90.0 Å². The van der Waals surface area contributed by atoms with E-state index in [1.165, 1.54) is 6.21 Å². The number of aromatic nitrogens is 1. The Morgan fingerprint density at radius 3 is 2.44 bits per heavy atom. The van der Waals surface area contributed by atoms with Gasteiger partial charge in [-0.2, -0.15) is 5.10 Å². The number of hydrogen-bond donors (Lipinski definition) is 2. The number of carbonyl (C=O) groups is 2. The highest BCUT2D eigenvalue weighted by molar-refractivity contribution is 6.34. The van der Waals surface area contributed by atoms with Gasteiger partial charge >= 0.3 is 5.97 Å². The summed E-state index contributed by atoms with van der Waals surface area (Å²) in [5, 5.41) is 5.60. The first-order valence-corrected chi connectivity index (χ1v) is 13.5. The minimum absolute atomic E-state index is 0.288. The lowest BCUT2D eigenvalue weighted by Gasteiger charge is -2.11. The number of carbonyl (C=O) groups excluding carboxylic acids is 2. The van der Waals surface area contributed by atoms with E-state index >= 15 is 0 Å². The van der Waals surface area contributed by atoms with Gasteiger partial charge < -0.3 is 14.5 Å². The maximum Gasteiger partial charge on any atom is 0.343 e. The zero-order valence-electron chi connectivity index (χ0n) is 22.8. The molecule has 1 aromatic heterocycles. The first-order valence-electron chi connectivity index (χ1n) is 13.1. The van der Waals surface area contributed by atoms with Crippen molar-refractivity contribution in [3.8, 4) is 22.6 Å². The van der Waals surface area contributed by atoms with Crippen molar-refractivity contribution in [1.29, 1.82) is 0 Å². The van der Waals surface area contributed by atoms with Crippen molar-refractivity contribution in [2.24, 2.45) is 5.10 Å². The van der Waals surface area contributed by atoms with Crippen molar-refractivity contribution in [2.75, 3.05) is 6.61 Å². The number of fused-ring (bicyclic) bond motifs is 1. The van der Waals surface area contributed by atoms with E-state index in [2.05, 4.69) is 15.5 Å². The van der Waals surface area contributed by atoms with Gasteiger partial charge in [0, 0.05) is 27.1 Å². The van der Waals surface area contributed by atoms with Crippen LogP contribution in [0.4, 0.5) is 0 Å². The number of halogens is 1. The second-order valence-corrected chi connectivity index (χ2v) is 9.90. The molecule has 7 nitrogen and oxygen atoms in total. The number of aromatic amines is 1. The molecule has 0 bridgehead atoms. The Balaban J connectivity index is 1.37. The predicted molar refractivity (Wildman–Crippen MR) is 162 cm³/mol. The van der Waals surface area contributed by atoms with Crippen molar-refractivity contribution >= 4 is 40.6 Å². The van der Waals surface area contributed by atoms with E-state index in [9.17, 15) is 9.59 Å². The molecule has 0 unspecified atom stereocenters. The summed E-state index contributed by atoms with van der Waals surface area (Å²) in [5.41, 5.74) is 8.42. The first-order chi connectivity index (χ1) is 19.8. The highest BCUT2D eigenvalue weighted by atomic mass is 35.5. The molecule has 0 saturated heterocycles. The van der Waals surface area contributed by atoms with Gasteiger partial charge in [-0.15, -0.1) is 0 Å². The predicted octanol–water partition coefficient (Wildman–Crippen LogP) is 7.49. The SMILES string of the molecule is CCOc1cc(C=NNC(=O)c2[nH]c3ccc(C)cc3c2-c2ccccc2Cl)ccc1OC(=O)c1ccc(C)cc1. The van der Waals surface area contributed by atoms with Crippen LogP contribution < -0.4 is 14.9 Å². The number of rotatable bonds is 8. The monoisotopic (exact) mass is 565 g/mol. The largest absolute Gasteiger partial charge is 0.490 e. The van der Waals surface area contributed by atoms with Crippen molar-refractivity contribution in [2.45, 2.75) is 20.8 Å². The fourth-order valence-electron chi connectivity index (χ4n) is 4.45. The summed E-state index contributed by atoms with van der Waals surface area (Å²) in [6, 6.07) is 25.5.